The van der Waals surface area contributed by atoms with Crippen LogP contribution in [0.15, 0.2) is 59.9 Å². The molecule has 2 N–H and O–H groups in total. The number of rotatable bonds is 6. The molecule has 31 heavy (non-hydrogen) atoms. The van der Waals surface area contributed by atoms with E-state index in [1.807, 2.05) is 6.07 Å². The lowest BCUT2D eigenvalue weighted by molar-refractivity contribution is 0.482. The number of hydrogen-bond donors (Lipinski definition) is 2. The highest BCUT2D eigenvalue weighted by atomic mass is 35.5. The van der Waals surface area contributed by atoms with Gasteiger partial charge in [0.15, 0.2) is 5.13 Å². The Balaban J connectivity index is 1.67. The maximum atomic E-state index is 12.6. The second-order valence-electron chi connectivity index (χ2n) is 6.07. The van der Waals surface area contributed by atoms with Crippen LogP contribution in [-0.4, -0.2) is 23.6 Å². The molecule has 12 heteroatoms. The molecule has 0 bridgehead atoms. The van der Waals surface area contributed by atoms with Gasteiger partial charge in [-0.05, 0) is 36.4 Å². The van der Waals surface area contributed by atoms with E-state index in [0.717, 1.165) is 16.9 Å². The summed E-state index contributed by atoms with van der Waals surface area (Å²) >= 11 is 12.9. The molecule has 0 saturated heterocycles. The van der Waals surface area contributed by atoms with Crippen LogP contribution in [0.25, 0.3) is 11.1 Å². The monoisotopic (exact) mass is 491 g/mol. The molecule has 8 nitrogen and oxygen atoms in total. The summed E-state index contributed by atoms with van der Waals surface area (Å²) in [4.78, 5) is 3.75. The number of thiazole rings is 1. The number of ether oxygens (including phenoxy) is 1. The molecule has 156 valence electrons. The van der Waals surface area contributed by atoms with Crippen LogP contribution in [0.2, 0.25) is 9.36 Å². The minimum Gasteiger partial charge on any atom is -0.455 e. The summed E-state index contributed by atoms with van der Waals surface area (Å²) in [5.74, 6) is 0.610. The van der Waals surface area contributed by atoms with Gasteiger partial charge in [-0.15, -0.1) is 0 Å². The van der Waals surface area contributed by atoms with Gasteiger partial charge in [-0.2, -0.15) is 10.4 Å². The Morgan fingerprint density at radius 2 is 1.94 bits per heavy atom. The molecule has 4 aromatic rings. The third kappa shape index (κ3) is 4.65. The van der Waals surface area contributed by atoms with Crippen LogP contribution in [0, 0.1) is 11.3 Å². The van der Waals surface area contributed by atoms with Crippen LogP contribution < -0.4 is 9.46 Å². The third-order valence-electron chi connectivity index (χ3n) is 4.05. The van der Waals surface area contributed by atoms with Gasteiger partial charge in [0.25, 0.3) is 10.0 Å². The molecule has 0 fully saturated rings. The number of halogens is 2. The normalized spacial score (nSPS) is 11.1. The lowest BCUT2D eigenvalue weighted by atomic mass is 10.1. The Morgan fingerprint density at radius 1 is 1.13 bits per heavy atom. The number of benzene rings is 2. The first kappa shape index (κ1) is 21.1. The van der Waals surface area contributed by atoms with Gasteiger partial charge in [-0.1, -0.05) is 34.5 Å². The molecule has 0 spiro atoms. The lowest BCUT2D eigenvalue weighted by Gasteiger charge is -2.13. The average molecular weight is 492 g/mol. The van der Waals surface area contributed by atoms with Crippen molar-refractivity contribution < 1.29 is 13.2 Å². The molecular formula is C19H11Cl2N5O3S2. The van der Waals surface area contributed by atoms with Gasteiger partial charge in [0, 0.05) is 22.3 Å². The van der Waals surface area contributed by atoms with Crippen LogP contribution in [0.3, 0.4) is 0 Å². The standard InChI is InChI=1S/C19H11Cl2N5O3S2/c20-13-1-3-17(15(6-13)12-8-24-25-9-12)29-16-4-2-14(5-11(16)7-22)31(27,28)26-19-23-10-18(21)30-19/h1-6,8-10H,(H,23,26)(H,24,25). The number of hydrogen-bond acceptors (Lipinski definition) is 7. The van der Waals surface area contributed by atoms with E-state index in [0.29, 0.717) is 20.7 Å². The number of anilines is 1. The number of aromatic amines is 1. The first-order valence-corrected chi connectivity index (χ1v) is 11.6. The van der Waals surface area contributed by atoms with E-state index >= 15 is 0 Å². The van der Waals surface area contributed by atoms with E-state index in [-0.39, 0.29) is 21.3 Å². The first-order chi connectivity index (χ1) is 14.9. The smallest absolute Gasteiger partial charge is 0.263 e. The molecule has 0 amide bonds. The maximum absolute atomic E-state index is 12.6. The molecule has 0 atom stereocenters. The summed E-state index contributed by atoms with van der Waals surface area (Å²) in [6, 6.07) is 10.9. The van der Waals surface area contributed by atoms with Crippen molar-refractivity contribution in [1.82, 2.24) is 15.2 Å². The second-order valence-corrected chi connectivity index (χ2v) is 9.86. The predicted octanol–water partition coefficient (Wildman–Crippen LogP) is 5.30. The molecule has 0 aliphatic carbocycles. The molecule has 2 heterocycles. The van der Waals surface area contributed by atoms with Crippen molar-refractivity contribution in [3.05, 3.63) is 69.9 Å². The van der Waals surface area contributed by atoms with Crippen molar-refractivity contribution in [3.8, 4) is 28.7 Å². The van der Waals surface area contributed by atoms with Crippen LogP contribution in [0.4, 0.5) is 5.13 Å². The summed E-state index contributed by atoms with van der Waals surface area (Å²) < 4.78 is 33.9. The number of H-pyrrole nitrogens is 1. The number of aromatic nitrogens is 3. The Bertz CT molecular complexity index is 1400. The largest absolute Gasteiger partial charge is 0.455 e. The quantitative estimate of drug-likeness (QED) is 0.377. The fourth-order valence-corrected chi connectivity index (χ4v) is 4.91. The number of nitrogens with zero attached hydrogens (tertiary/aromatic N) is 3. The molecule has 0 unspecified atom stereocenters. The molecule has 0 radical (unpaired) electrons. The summed E-state index contributed by atoms with van der Waals surface area (Å²) in [7, 11) is -3.97. The molecule has 0 aliphatic rings. The number of sulfonamides is 1. The molecule has 0 aliphatic heterocycles. The van der Waals surface area contributed by atoms with E-state index in [9.17, 15) is 13.7 Å². The minimum absolute atomic E-state index is 0.0353. The van der Waals surface area contributed by atoms with Crippen molar-refractivity contribution in [1.29, 1.82) is 5.26 Å². The van der Waals surface area contributed by atoms with Crippen LogP contribution in [0.1, 0.15) is 5.56 Å². The zero-order valence-electron chi connectivity index (χ0n) is 15.3. The van der Waals surface area contributed by atoms with E-state index < -0.39 is 10.0 Å². The number of nitriles is 1. The highest BCUT2D eigenvalue weighted by Gasteiger charge is 2.19. The van der Waals surface area contributed by atoms with E-state index in [1.54, 1.807) is 30.6 Å². The molecule has 2 aromatic carbocycles. The molecule has 0 saturated carbocycles. The van der Waals surface area contributed by atoms with Gasteiger partial charge in [-0.3, -0.25) is 9.82 Å². The summed E-state index contributed by atoms with van der Waals surface area (Å²) in [5, 5.41) is 16.8. The highest BCUT2D eigenvalue weighted by Crippen LogP contribution is 2.36. The lowest BCUT2D eigenvalue weighted by Crippen LogP contribution is -2.13. The van der Waals surface area contributed by atoms with Gasteiger partial charge in [0.2, 0.25) is 0 Å². The molecule has 4 rings (SSSR count). The van der Waals surface area contributed by atoms with Crippen LogP contribution in [-0.2, 0) is 10.0 Å². The fourth-order valence-electron chi connectivity index (χ4n) is 2.66. The molecular weight excluding hydrogens is 481 g/mol. The predicted molar refractivity (Wildman–Crippen MR) is 118 cm³/mol. The van der Waals surface area contributed by atoms with E-state index in [4.69, 9.17) is 27.9 Å². The fraction of sp³-hybridized carbons (Fsp3) is 0. The van der Waals surface area contributed by atoms with Crippen molar-refractivity contribution in [3.63, 3.8) is 0 Å². The van der Waals surface area contributed by atoms with Crippen LogP contribution in [0.5, 0.6) is 11.5 Å². The summed E-state index contributed by atoms with van der Waals surface area (Å²) in [6.07, 6.45) is 4.62. The van der Waals surface area contributed by atoms with Gasteiger partial charge >= 0.3 is 0 Å². The molecule has 2 aromatic heterocycles. The second kappa shape index (κ2) is 8.56. The number of nitrogens with one attached hydrogen (secondary N) is 2. The maximum Gasteiger partial charge on any atom is 0.263 e. The highest BCUT2D eigenvalue weighted by molar-refractivity contribution is 7.93. The minimum atomic E-state index is -3.97. The average Bonchev–Trinajstić information content (AvgIpc) is 3.41. The Kier molecular flexibility index (Phi) is 5.84. The van der Waals surface area contributed by atoms with Gasteiger partial charge < -0.3 is 4.74 Å². The first-order valence-electron chi connectivity index (χ1n) is 8.50. The van der Waals surface area contributed by atoms with Crippen molar-refractivity contribution in [2.75, 3.05) is 4.72 Å². The summed E-state index contributed by atoms with van der Waals surface area (Å²) in [5.41, 5.74) is 1.43. The van der Waals surface area contributed by atoms with Crippen molar-refractivity contribution in [2.45, 2.75) is 4.90 Å². The van der Waals surface area contributed by atoms with E-state index in [2.05, 4.69) is 19.9 Å². The van der Waals surface area contributed by atoms with E-state index in [1.165, 1.54) is 24.4 Å². The van der Waals surface area contributed by atoms with Crippen molar-refractivity contribution in [2.24, 2.45) is 0 Å². The van der Waals surface area contributed by atoms with Gasteiger partial charge in [0.1, 0.15) is 21.9 Å². The van der Waals surface area contributed by atoms with Gasteiger partial charge in [0.05, 0.1) is 22.9 Å². The Labute approximate surface area is 191 Å². The topological polar surface area (TPSA) is 121 Å². The van der Waals surface area contributed by atoms with Gasteiger partial charge in [-0.25, -0.2) is 13.4 Å². The Morgan fingerprint density at radius 3 is 2.61 bits per heavy atom. The third-order valence-corrected chi connectivity index (χ3v) is 6.78. The van der Waals surface area contributed by atoms with Crippen LogP contribution >= 0.6 is 34.5 Å². The van der Waals surface area contributed by atoms with Crippen molar-refractivity contribution >= 4 is 49.7 Å². The summed E-state index contributed by atoms with van der Waals surface area (Å²) in [6.45, 7) is 0. The zero-order chi connectivity index (χ0) is 22.0. The zero-order valence-corrected chi connectivity index (χ0v) is 18.5. The Hall–Kier alpha value is -3.10. The SMILES string of the molecule is N#Cc1cc(S(=O)(=O)Nc2ncc(Cl)s2)ccc1Oc1ccc(Cl)cc1-c1cn[nH]c1.